The number of primary amides is 1. The molecule has 8 amide bonds. The lowest BCUT2D eigenvalue weighted by atomic mass is 10.0. The van der Waals surface area contributed by atoms with E-state index >= 15 is 0 Å². The number of hydrogen-bond acceptors (Lipinski definition) is 16. The highest BCUT2D eigenvalue weighted by atomic mass is 35.5. The Morgan fingerprint density at radius 2 is 0.736 bits per heavy atom. The number of rotatable bonds is 36. The van der Waals surface area contributed by atoms with Gasteiger partial charge in [0.15, 0.2) is 23.8 Å². The molecule has 31 nitrogen and oxygen atoms in total. The molecule has 8 atom stereocenters. The first-order chi connectivity index (χ1) is 33.2. The monoisotopic (exact) mass is 1080 g/mol. The molecule has 72 heavy (non-hydrogen) atoms. The van der Waals surface area contributed by atoms with Crippen molar-refractivity contribution in [1.82, 2.24) is 37.2 Å². The zero-order valence-electron chi connectivity index (χ0n) is 40.4. The Balaban J connectivity index is 0. The van der Waals surface area contributed by atoms with Gasteiger partial charge < -0.3 is 99.7 Å². The van der Waals surface area contributed by atoms with E-state index in [9.17, 15) is 43.2 Å². The van der Waals surface area contributed by atoms with Crippen molar-refractivity contribution in [2.75, 3.05) is 37.7 Å². The van der Waals surface area contributed by atoms with E-state index in [1.54, 1.807) is 0 Å². The predicted octanol–water partition coefficient (Wildman–Crippen LogP) is -7.65. The van der Waals surface area contributed by atoms with Crippen LogP contribution in [0.5, 0.6) is 0 Å². The Labute approximate surface area is 430 Å². The summed E-state index contributed by atoms with van der Waals surface area (Å²) in [5.74, 6) is -8.58. The molecule has 34 heteroatoms. The van der Waals surface area contributed by atoms with Crippen LogP contribution in [-0.4, -0.2) is 168 Å². The van der Waals surface area contributed by atoms with Gasteiger partial charge >= 0.3 is 5.97 Å². The number of carbonyl (C=O) groups excluding carboxylic acids is 8. The molecule has 0 aromatic carbocycles. The quantitative estimate of drug-likeness (QED) is 0.0120. The van der Waals surface area contributed by atoms with Crippen molar-refractivity contribution >= 4 is 111 Å². The Morgan fingerprint density at radius 1 is 0.444 bits per heavy atom. The molecule has 8 unspecified atom stereocenters. The highest BCUT2D eigenvalue weighted by Gasteiger charge is 2.32. The van der Waals surface area contributed by atoms with E-state index in [2.05, 4.69) is 57.2 Å². The number of aliphatic imine (C=N–C) groups is 4. The molecular formula is C38H74ClN21O10S2. The number of nitrogens with two attached hydrogens (primary N) is 10. The molecule has 28 N–H and O–H groups in total. The fourth-order valence-electron chi connectivity index (χ4n) is 5.74. The average Bonchev–Trinajstić information content (AvgIpc) is 3.27. The zero-order valence-corrected chi connectivity index (χ0v) is 42.9. The summed E-state index contributed by atoms with van der Waals surface area (Å²) in [4.78, 5) is 133. The number of amides is 8. The van der Waals surface area contributed by atoms with Gasteiger partial charge in [0.1, 0.15) is 48.3 Å². The maximum Gasteiger partial charge on any atom is 0.321 e. The molecule has 0 aliphatic heterocycles. The standard InChI is InChI=1S/C38H73N21O10S2.ClH/c1-18(28(62)56-22(27(40)61)8-4-12-49-35(41)42)53-30(64)23(9-5-13-50-36(43)44)58-32(66)25(11-7-15-52-38(47)48)59-31(65)24(10-6-14-51-37(45)46)57-29(63)19(2)54-33(67)26(55-20(3)60)17-71-70-16-21(39)34(68)69;/h18-19,21-26H,4-17,39H2,1-3H3,(H2,40,61)(H,53,64)(H,54,67)(H,55,60)(H,56,62)(H,57,63)(H,58,66)(H,59,65)(H,68,69)(H4,41,42,49)(H4,43,44,50)(H4,45,46,51)(H4,47,48,52);1H. The van der Waals surface area contributed by atoms with E-state index < -0.39 is 102 Å². The molecular weight excluding hydrogens is 1010 g/mol. The molecule has 0 rings (SSSR count). The number of carboxylic acid groups (broad SMARTS) is 1. The van der Waals surface area contributed by atoms with Crippen LogP contribution in [0.15, 0.2) is 20.0 Å². The molecule has 0 aliphatic carbocycles. The van der Waals surface area contributed by atoms with Crippen molar-refractivity contribution < 1.29 is 48.3 Å². The number of hydrogen-bond donors (Lipinski definition) is 18. The van der Waals surface area contributed by atoms with E-state index in [4.69, 9.17) is 62.4 Å². The Kier molecular flexibility index (Phi) is 34.7. The molecule has 0 aliphatic rings. The third kappa shape index (κ3) is 31.5. The third-order valence-electron chi connectivity index (χ3n) is 9.42. The molecule has 0 aromatic heterocycles. The maximum absolute atomic E-state index is 14.1. The summed E-state index contributed by atoms with van der Waals surface area (Å²) in [6, 6.07) is -10.2. The lowest BCUT2D eigenvalue weighted by Crippen LogP contribution is -2.59. The van der Waals surface area contributed by atoms with E-state index in [1.807, 2.05) is 0 Å². The minimum atomic E-state index is -1.41. The first kappa shape index (κ1) is 67.3. The largest absolute Gasteiger partial charge is 0.480 e. The van der Waals surface area contributed by atoms with Crippen molar-refractivity contribution in [2.24, 2.45) is 77.3 Å². The summed E-state index contributed by atoms with van der Waals surface area (Å²) >= 11 is 0. The number of nitrogens with zero attached hydrogens (tertiary/aromatic N) is 4. The molecule has 0 saturated carbocycles. The lowest BCUT2D eigenvalue weighted by Gasteiger charge is -2.27. The van der Waals surface area contributed by atoms with Crippen LogP contribution in [-0.2, 0) is 43.2 Å². The molecule has 0 saturated heterocycles. The summed E-state index contributed by atoms with van der Waals surface area (Å²) in [6.45, 7) is 4.04. The average molecular weight is 1080 g/mol. The van der Waals surface area contributed by atoms with E-state index in [1.165, 1.54) is 20.8 Å². The SMILES string of the molecule is CC(=O)NC(CSSCC(N)C(=O)O)C(=O)NC(C)C(=O)NC(CCCN=C(N)N)C(=O)NC(CCCN=C(N)N)C(=O)NC(CCCN=C(N)N)C(=O)NC(C)C(=O)NC(CCCN=C(N)N)C(N)=O.Cl. The third-order valence-corrected chi connectivity index (χ3v) is 11.9. The molecule has 0 spiro atoms. The molecule has 410 valence electrons. The molecule has 0 aromatic rings. The van der Waals surface area contributed by atoms with E-state index in [-0.39, 0.29) is 125 Å². The number of halogens is 1. The van der Waals surface area contributed by atoms with Gasteiger partial charge in [0.05, 0.1) is 0 Å². The van der Waals surface area contributed by atoms with Gasteiger partial charge in [-0.05, 0) is 65.2 Å². The van der Waals surface area contributed by atoms with Gasteiger partial charge in [-0.3, -0.25) is 63.1 Å². The molecule has 0 fully saturated rings. The molecule has 0 radical (unpaired) electrons. The van der Waals surface area contributed by atoms with Gasteiger partial charge in [-0.15, -0.1) is 12.4 Å². The number of carboxylic acids is 1. The van der Waals surface area contributed by atoms with Crippen LogP contribution in [0.25, 0.3) is 0 Å². The second-order valence-corrected chi connectivity index (χ2v) is 18.2. The molecule has 0 heterocycles. The van der Waals surface area contributed by atoms with Gasteiger partial charge in [0, 0.05) is 44.6 Å². The van der Waals surface area contributed by atoms with E-state index in [0.29, 0.717) is 0 Å². The topological polar surface area (TPSA) is 568 Å². The van der Waals surface area contributed by atoms with Gasteiger partial charge in [0.25, 0.3) is 0 Å². The fourth-order valence-corrected chi connectivity index (χ4v) is 8.02. The van der Waals surface area contributed by atoms with Crippen molar-refractivity contribution in [3.8, 4) is 0 Å². The zero-order chi connectivity index (χ0) is 54.2. The van der Waals surface area contributed by atoms with Gasteiger partial charge in [0.2, 0.25) is 47.3 Å². The van der Waals surface area contributed by atoms with Crippen LogP contribution in [0.1, 0.15) is 72.1 Å². The van der Waals surface area contributed by atoms with Crippen molar-refractivity contribution in [2.45, 2.75) is 120 Å². The van der Waals surface area contributed by atoms with Crippen LogP contribution in [0.3, 0.4) is 0 Å². The number of carbonyl (C=O) groups is 9. The Hall–Kier alpha value is -6.74. The highest BCUT2D eigenvalue weighted by Crippen LogP contribution is 2.23. The summed E-state index contributed by atoms with van der Waals surface area (Å²) in [5, 5.41) is 26.7. The van der Waals surface area contributed by atoms with Crippen LogP contribution >= 0.6 is 34.0 Å². The molecule has 0 bridgehead atoms. The summed E-state index contributed by atoms with van der Waals surface area (Å²) in [5.41, 5.74) is 54.4. The van der Waals surface area contributed by atoms with Gasteiger partial charge in [-0.2, -0.15) is 0 Å². The lowest BCUT2D eigenvalue weighted by molar-refractivity contribution is -0.138. The van der Waals surface area contributed by atoms with Crippen LogP contribution in [0, 0.1) is 0 Å². The van der Waals surface area contributed by atoms with Crippen LogP contribution in [0.4, 0.5) is 0 Å². The predicted molar refractivity (Wildman–Crippen MR) is 277 cm³/mol. The highest BCUT2D eigenvalue weighted by molar-refractivity contribution is 8.76. The van der Waals surface area contributed by atoms with Gasteiger partial charge in [-0.25, -0.2) is 0 Å². The second kappa shape index (κ2) is 37.1. The maximum atomic E-state index is 14.1. The minimum Gasteiger partial charge on any atom is -0.480 e. The summed E-state index contributed by atoms with van der Waals surface area (Å²) < 4.78 is 0. The van der Waals surface area contributed by atoms with Crippen molar-refractivity contribution in [1.29, 1.82) is 0 Å². The Bertz CT molecular complexity index is 1920. The number of guanidine groups is 4. The first-order valence-electron chi connectivity index (χ1n) is 22.1. The van der Waals surface area contributed by atoms with Crippen molar-refractivity contribution in [3.05, 3.63) is 0 Å². The normalized spacial score (nSPS) is 13.8. The number of aliphatic carboxylic acids is 1. The van der Waals surface area contributed by atoms with E-state index in [0.717, 1.165) is 21.6 Å². The van der Waals surface area contributed by atoms with Crippen LogP contribution < -0.4 is 94.6 Å². The summed E-state index contributed by atoms with van der Waals surface area (Å²) in [7, 11) is 2.12. The van der Waals surface area contributed by atoms with Crippen LogP contribution in [0.2, 0.25) is 0 Å². The fraction of sp³-hybridized carbons (Fsp3) is 0.658. The van der Waals surface area contributed by atoms with Crippen molar-refractivity contribution in [3.63, 3.8) is 0 Å². The Morgan fingerprint density at radius 3 is 1.06 bits per heavy atom. The summed E-state index contributed by atoms with van der Waals surface area (Å²) in [6.07, 6.45) is 0.443. The smallest absolute Gasteiger partial charge is 0.321 e. The second-order valence-electron chi connectivity index (χ2n) is 15.7. The number of nitrogens with one attached hydrogen (secondary N) is 7. The minimum absolute atomic E-state index is 0. The van der Waals surface area contributed by atoms with Gasteiger partial charge in [-0.1, -0.05) is 21.6 Å². The first-order valence-corrected chi connectivity index (χ1v) is 24.6.